The zero-order valence-corrected chi connectivity index (χ0v) is 11.0. The predicted octanol–water partition coefficient (Wildman–Crippen LogP) is 3.25. The average molecular weight is 251 g/mol. The van der Waals surface area contributed by atoms with Crippen molar-refractivity contribution in [2.75, 3.05) is 0 Å². The first-order valence-corrected chi connectivity index (χ1v) is 6.58. The number of fused-ring (bicyclic) bond motifs is 1. The van der Waals surface area contributed by atoms with Crippen LogP contribution in [0.25, 0.3) is 22.2 Å². The highest BCUT2D eigenvalue weighted by Crippen LogP contribution is 2.24. The number of H-pyrrole nitrogens is 1. The second-order valence-electron chi connectivity index (χ2n) is 4.67. The van der Waals surface area contributed by atoms with Crippen LogP contribution in [-0.2, 0) is 13.0 Å². The molecule has 0 spiro atoms. The van der Waals surface area contributed by atoms with Crippen LogP contribution in [0.1, 0.15) is 18.3 Å². The maximum Gasteiger partial charge on any atom is 0.106 e. The number of hydrogen-bond donors (Lipinski definition) is 2. The van der Waals surface area contributed by atoms with Gasteiger partial charge >= 0.3 is 0 Å². The van der Waals surface area contributed by atoms with E-state index in [4.69, 9.17) is 5.73 Å². The summed E-state index contributed by atoms with van der Waals surface area (Å²) in [6, 6.07) is 14.7. The van der Waals surface area contributed by atoms with Gasteiger partial charge in [-0.15, -0.1) is 0 Å². The summed E-state index contributed by atoms with van der Waals surface area (Å²) in [4.78, 5) is 7.87. The van der Waals surface area contributed by atoms with Gasteiger partial charge in [-0.2, -0.15) is 0 Å². The van der Waals surface area contributed by atoms with Crippen molar-refractivity contribution in [2.24, 2.45) is 5.73 Å². The third-order valence-electron chi connectivity index (χ3n) is 3.36. The van der Waals surface area contributed by atoms with Gasteiger partial charge in [0, 0.05) is 13.0 Å². The first-order chi connectivity index (χ1) is 9.30. The van der Waals surface area contributed by atoms with Gasteiger partial charge in [0.15, 0.2) is 0 Å². The van der Waals surface area contributed by atoms with Crippen molar-refractivity contribution >= 4 is 11.0 Å². The highest BCUT2D eigenvalue weighted by molar-refractivity contribution is 5.82. The standard InChI is InChI=1S/C16H17N3/c1-2-16-18-14-7-6-13(9-15(14)19-16)12-5-3-4-11(8-12)10-17/h3-9H,2,10,17H2,1H3,(H,18,19). The van der Waals surface area contributed by atoms with Gasteiger partial charge < -0.3 is 10.7 Å². The normalized spacial score (nSPS) is 11.1. The lowest BCUT2D eigenvalue weighted by molar-refractivity contribution is 1.00. The Morgan fingerprint density at radius 2 is 1.95 bits per heavy atom. The predicted molar refractivity (Wildman–Crippen MR) is 78.8 cm³/mol. The van der Waals surface area contributed by atoms with Gasteiger partial charge in [0.25, 0.3) is 0 Å². The summed E-state index contributed by atoms with van der Waals surface area (Å²) in [5, 5.41) is 0. The van der Waals surface area contributed by atoms with Crippen molar-refractivity contribution in [1.82, 2.24) is 9.97 Å². The van der Waals surface area contributed by atoms with Crippen LogP contribution in [0, 0.1) is 0 Å². The maximum atomic E-state index is 5.69. The van der Waals surface area contributed by atoms with Crippen LogP contribution < -0.4 is 5.73 Å². The molecular formula is C16H17N3. The minimum Gasteiger partial charge on any atom is -0.342 e. The monoisotopic (exact) mass is 251 g/mol. The molecule has 3 heteroatoms. The topological polar surface area (TPSA) is 54.7 Å². The summed E-state index contributed by atoms with van der Waals surface area (Å²) in [7, 11) is 0. The van der Waals surface area contributed by atoms with E-state index in [1.54, 1.807) is 0 Å². The molecule has 2 aromatic carbocycles. The third-order valence-corrected chi connectivity index (χ3v) is 3.36. The molecule has 1 heterocycles. The molecule has 0 radical (unpaired) electrons. The molecule has 0 aliphatic carbocycles. The maximum absolute atomic E-state index is 5.69. The summed E-state index contributed by atoms with van der Waals surface area (Å²) in [5.74, 6) is 1.03. The van der Waals surface area contributed by atoms with E-state index in [1.807, 2.05) is 12.1 Å². The minimum absolute atomic E-state index is 0.570. The van der Waals surface area contributed by atoms with Gasteiger partial charge in [-0.3, -0.25) is 0 Å². The molecule has 1 aromatic heterocycles. The van der Waals surface area contributed by atoms with Gasteiger partial charge in [0.1, 0.15) is 5.82 Å². The second-order valence-corrected chi connectivity index (χ2v) is 4.67. The van der Waals surface area contributed by atoms with Crippen molar-refractivity contribution in [3.63, 3.8) is 0 Å². The van der Waals surface area contributed by atoms with Crippen LogP contribution in [0.3, 0.4) is 0 Å². The molecule has 0 bridgehead atoms. The number of rotatable bonds is 3. The van der Waals surface area contributed by atoms with E-state index in [0.717, 1.165) is 28.8 Å². The zero-order chi connectivity index (χ0) is 13.2. The van der Waals surface area contributed by atoms with E-state index < -0.39 is 0 Å². The number of aromatic nitrogens is 2. The Bertz CT molecular complexity index is 713. The van der Waals surface area contributed by atoms with Crippen molar-refractivity contribution in [1.29, 1.82) is 0 Å². The first kappa shape index (κ1) is 11.9. The van der Waals surface area contributed by atoms with Gasteiger partial charge in [-0.25, -0.2) is 4.98 Å². The quantitative estimate of drug-likeness (QED) is 0.750. The molecule has 0 fully saturated rings. The fourth-order valence-corrected chi connectivity index (χ4v) is 2.29. The number of nitrogens with zero attached hydrogens (tertiary/aromatic N) is 1. The molecule has 3 rings (SSSR count). The van der Waals surface area contributed by atoms with E-state index in [9.17, 15) is 0 Å². The second kappa shape index (κ2) is 4.86. The number of benzene rings is 2. The lowest BCUT2D eigenvalue weighted by Gasteiger charge is -2.04. The lowest BCUT2D eigenvalue weighted by atomic mass is 10.0. The molecule has 19 heavy (non-hydrogen) atoms. The largest absolute Gasteiger partial charge is 0.342 e. The lowest BCUT2D eigenvalue weighted by Crippen LogP contribution is -1.95. The Hall–Kier alpha value is -2.13. The highest BCUT2D eigenvalue weighted by Gasteiger charge is 2.04. The summed E-state index contributed by atoms with van der Waals surface area (Å²) in [6.07, 6.45) is 0.923. The average Bonchev–Trinajstić information content (AvgIpc) is 2.89. The molecule has 0 unspecified atom stereocenters. The Morgan fingerprint density at radius 1 is 1.11 bits per heavy atom. The van der Waals surface area contributed by atoms with Crippen LogP contribution in [0.4, 0.5) is 0 Å². The number of nitrogens with two attached hydrogens (primary N) is 1. The molecule has 0 saturated heterocycles. The molecule has 0 aliphatic heterocycles. The van der Waals surface area contributed by atoms with Crippen molar-refractivity contribution in [3.8, 4) is 11.1 Å². The number of imidazole rings is 1. The van der Waals surface area contributed by atoms with E-state index in [0.29, 0.717) is 6.54 Å². The van der Waals surface area contributed by atoms with E-state index in [-0.39, 0.29) is 0 Å². The Balaban J connectivity index is 2.08. The molecule has 0 amide bonds. The number of nitrogens with one attached hydrogen (secondary N) is 1. The van der Waals surface area contributed by atoms with Crippen molar-refractivity contribution in [3.05, 3.63) is 53.9 Å². The molecule has 3 nitrogen and oxygen atoms in total. The van der Waals surface area contributed by atoms with Gasteiger partial charge in [-0.1, -0.05) is 31.2 Å². The molecule has 96 valence electrons. The van der Waals surface area contributed by atoms with Crippen molar-refractivity contribution < 1.29 is 0 Å². The van der Waals surface area contributed by atoms with Crippen LogP contribution in [0.15, 0.2) is 42.5 Å². The van der Waals surface area contributed by atoms with Gasteiger partial charge in [0.2, 0.25) is 0 Å². The van der Waals surface area contributed by atoms with Crippen LogP contribution in [0.2, 0.25) is 0 Å². The van der Waals surface area contributed by atoms with Gasteiger partial charge in [0.05, 0.1) is 11.0 Å². The molecule has 0 atom stereocenters. The minimum atomic E-state index is 0.570. The SMILES string of the molecule is CCc1nc2ccc(-c3cccc(CN)c3)cc2[nH]1. The summed E-state index contributed by atoms with van der Waals surface area (Å²) < 4.78 is 0. The Morgan fingerprint density at radius 3 is 2.74 bits per heavy atom. The van der Waals surface area contributed by atoms with Crippen LogP contribution in [0.5, 0.6) is 0 Å². The molecule has 3 N–H and O–H groups in total. The van der Waals surface area contributed by atoms with Crippen LogP contribution >= 0.6 is 0 Å². The first-order valence-electron chi connectivity index (χ1n) is 6.58. The third kappa shape index (κ3) is 2.25. The molecular weight excluding hydrogens is 234 g/mol. The summed E-state index contributed by atoms with van der Waals surface area (Å²) in [5.41, 5.74) is 11.3. The van der Waals surface area contributed by atoms with E-state index >= 15 is 0 Å². The highest BCUT2D eigenvalue weighted by atomic mass is 14.9. The van der Waals surface area contributed by atoms with E-state index in [2.05, 4.69) is 47.2 Å². The fourth-order valence-electron chi connectivity index (χ4n) is 2.29. The molecule has 0 saturated carbocycles. The zero-order valence-electron chi connectivity index (χ0n) is 11.0. The Labute approximate surface area is 112 Å². The smallest absolute Gasteiger partial charge is 0.106 e. The Kier molecular flexibility index (Phi) is 3.05. The van der Waals surface area contributed by atoms with Crippen LogP contribution in [-0.4, -0.2) is 9.97 Å². The number of aromatic amines is 1. The van der Waals surface area contributed by atoms with Gasteiger partial charge in [-0.05, 0) is 34.9 Å². The van der Waals surface area contributed by atoms with Crippen molar-refractivity contribution in [2.45, 2.75) is 19.9 Å². The van der Waals surface area contributed by atoms with E-state index in [1.165, 1.54) is 11.1 Å². The molecule has 0 aliphatic rings. The summed E-state index contributed by atoms with van der Waals surface area (Å²) >= 11 is 0. The molecule has 3 aromatic rings. The number of hydrogen-bond acceptors (Lipinski definition) is 2. The number of aryl methyl sites for hydroxylation is 1. The summed E-state index contributed by atoms with van der Waals surface area (Å²) in [6.45, 7) is 2.67. The fraction of sp³-hybridized carbons (Fsp3) is 0.188.